The predicted molar refractivity (Wildman–Crippen MR) is 89.8 cm³/mol. The van der Waals surface area contributed by atoms with Crippen LogP contribution in [-0.2, 0) is 13.6 Å². The zero-order valence-corrected chi connectivity index (χ0v) is 14.1. The van der Waals surface area contributed by atoms with Crippen molar-refractivity contribution in [2.24, 2.45) is 12.0 Å². The minimum absolute atomic E-state index is 0.288. The van der Waals surface area contributed by atoms with Crippen molar-refractivity contribution in [3.05, 3.63) is 41.0 Å². The SMILES string of the molecule is CCOc1cccc2sc(=NC(=O)c3ccnn3CC)n(C)c12. The fourth-order valence-corrected chi connectivity index (χ4v) is 3.49. The summed E-state index contributed by atoms with van der Waals surface area (Å²) in [6.45, 7) is 5.12. The van der Waals surface area contributed by atoms with E-state index in [1.165, 1.54) is 11.3 Å². The minimum Gasteiger partial charge on any atom is -0.492 e. The van der Waals surface area contributed by atoms with Gasteiger partial charge < -0.3 is 9.30 Å². The van der Waals surface area contributed by atoms with E-state index >= 15 is 0 Å². The number of hydrogen-bond acceptors (Lipinski definition) is 4. The molecule has 0 aliphatic rings. The maximum Gasteiger partial charge on any atom is 0.297 e. The molecule has 0 aliphatic carbocycles. The molecule has 3 aromatic rings. The third-order valence-electron chi connectivity index (χ3n) is 3.52. The van der Waals surface area contributed by atoms with Crippen LogP contribution in [0.4, 0.5) is 0 Å². The number of rotatable bonds is 4. The normalized spacial score (nSPS) is 12.0. The molecule has 0 unspecified atom stereocenters. The molecule has 0 aliphatic heterocycles. The second-order valence-corrected chi connectivity index (χ2v) is 5.94. The summed E-state index contributed by atoms with van der Waals surface area (Å²) in [5.74, 6) is 0.515. The van der Waals surface area contributed by atoms with Crippen LogP contribution in [0.25, 0.3) is 10.2 Å². The molecule has 0 bridgehead atoms. The molecule has 0 spiro atoms. The molecule has 0 saturated carbocycles. The Labute approximate surface area is 137 Å². The van der Waals surface area contributed by atoms with E-state index in [-0.39, 0.29) is 5.91 Å². The molecule has 0 saturated heterocycles. The topological polar surface area (TPSA) is 61.4 Å². The summed E-state index contributed by atoms with van der Waals surface area (Å²) in [6, 6.07) is 7.56. The second-order valence-electron chi connectivity index (χ2n) is 4.93. The van der Waals surface area contributed by atoms with Gasteiger partial charge in [0.1, 0.15) is 17.0 Å². The maximum atomic E-state index is 12.4. The van der Waals surface area contributed by atoms with Gasteiger partial charge >= 0.3 is 0 Å². The molecule has 2 heterocycles. The fourth-order valence-electron chi connectivity index (χ4n) is 2.46. The van der Waals surface area contributed by atoms with Crippen LogP contribution in [0.15, 0.2) is 35.5 Å². The van der Waals surface area contributed by atoms with Crippen LogP contribution in [0.3, 0.4) is 0 Å². The molecule has 3 rings (SSSR count). The lowest BCUT2D eigenvalue weighted by Crippen LogP contribution is -2.16. The average molecular weight is 330 g/mol. The largest absolute Gasteiger partial charge is 0.492 e. The minimum atomic E-state index is -0.288. The van der Waals surface area contributed by atoms with Crippen LogP contribution in [0.2, 0.25) is 0 Å². The smallest absolute Gasteiger partial charge is 0.297 e. The highest BCUT2D eigenvalue weighted by atomic mass is 32.1. The summed E-state index contributed by atoms with van der Waals surface area (Å²) >= 11 is 1.47. The van der Waals surface area contributed by atoms with Crippen molar-refractivity contribution in [1.82, 2.24) is 14.3 Å². The number of nitrogens with zero attached hydrogens (tertiary/aromatic N) is 4. The van der Waals surface area contributed by atoms with Gasteiger partial charge in [-0.2, -0.15) is 10.1 Å². The Morgan fingerprint density at radius 1 is 1.35 bits per heavy atom. The lowest BCUT2D eigenvalue weighted by atomic mass is 10.3. The number of aromatic nitrogens is 3. The van der Waals surface area contributed by atoms with Crippen molar-refractivity contribution in [3.8, 4) is 5.75 Å². The van der Waals surface area contributed by atoms with E-state index in [4.69, 9.17) is 4.74 Å². The summed E-state index contributed by atoms with van der Waals surface area (Å²) in [7, 11) is 1.89. The van der Waals surface area contributed by atoms with Gasteiger partial charge in [-0.05, 0) is 32.0 Å². The molecule has 0 radical (unpaired) electrons. The summed E-state index contributed by atoms with van der Waals surface area (Å²) < 4.78 is 10.3. The van der Waals surface area contributed by atoms with Crippen molar-refractivity contribution < 1.29 is 9.53 Å². The van der Waals surface area contributed by atoms with Crippen molar-refractivity contribution in [3.63, 3.8) is 0 Å². The van der Waals surface area contributed by atoms with Crippen LogP contribution in [0.1, 0.15) is 24.3 Å². The Bertz CT molecular complexity index is 920. The Balaban J connectivity index is 2.11. The monoisotopic (exact) mass is 330 g/mol. The predicted octanol–water partition coefficient (Wildman–Crippen LogP) is 2.60. The first kappa shape index (κ1) is 15.5. The zero-order valence-electron chi connectivity index (χ0n) is 13.3. The third-order valence-corrected chi connectivity index (χ3v) is 4.61. The average Bonchev–Trinajstić information content (AvgIpc) is 3.13. The molecule has 2 aromatic heterocycles. The van der Waals surface area contributed by atoms with Gasteiger partial charge in [-0.25, -0.2) is 0 Å². The molecule has 7 heteroatoms. The number of thiazole rings is 1. The summed E-state index contributed by atoms with van der Waals surface area (Å²) in [6.07, 6.45) is 1.62. The Hall–Kier alpha value is -2.41. The van der Waals surface area contributed by atoms with Crippen molar-refractivity contribution in [2.45, 2.75) is 20.4 Å². The Morgan fingerprint density at radius 3 is 2.91 bits per heavy atom. The number of carbonyl (C=O) groups excluding carboxylic acids is 1. The highest BCUT2D eigenvalue weighted by molar-refractivity contribution is 7.16. The summed E-state index contributed by atoms with van der Waals surface area (Å²) in [5.41, 5.74) is 1.45. The highest BCUT2D eigenvalue weighted by Gasteiger charge is 2.13. The molecule has 1 amide bonds. The maximum absolute atomic E-state index is 12.4. The van der Waals surface area contributed by atoms with E-state index in [1.807, 2.05) is 43.7 Å². The van der Waals surface area contributed by atoms with E-state index in [0.29, 0.717) is 23.6 Å². The number of benzene rings is 1. The van der Waals surface area contributed by atoms with Crippen LogP contribution in [-0.4, -0.2) is 26.9 Å². The van der Waals surface area contributed by atoms with Gasteiger partial charge in [0.15, 0.2) is 4.80 Å². The summed E-state index contributed by atoms with van der Waals surface area (Å²) in [5, 5.41) is 4.11. The lowest BCUT2D eigenvalue weighted by molar-refractivity contribution is 0.0987. The van der Waals surface area contributed by atoms with Crippen LogP contribution < -0.4 is 9.54 Å². The number of para-hydroxylation sites is 1. The van der Waals surface area contributed by atoms with Crippen molar-refractivity contribution in [2.75, 3.05) is 6.61 Å². The van der Waals surface area contributed by atoms with Gasteiger partial charge in [-0.3, -0.25) is 9.48 Å². The van der Waals surface area contributed by atoms with Crippen molar-refractivity contribution >= 4 is 27.5 Å². The molecular weight excluding hydrogens is 312 g/mol. The Kier molecular flexibility index (Phi) is 4.29. The number of fused-ring (bicyclic) bond motifs is 1. The van der Waals surface area contributed by atoms with E-state index in [0.717, 1.165) is 16.0 Å². The third kappa shape index (κ3) is 2.79. The van der Waals surface area contributed by atoms with Crippen LogP contribution in [0, 0.1) is 0 Å². The molecule has 1 aromatic carbocycles. The van der Waals surface area contributed by atoms with Crippen LogP contribution >= 0.6 is 11.3 Å². The first-order chi connectivity index (χ1) is 11.2. The van der Waals surface area contributed by atoms with E-state index in [9.17, 15) is 4.79 Å². The van der Waals surface area contributed by atoms with Crippen LogP contribution in [0.5, 0.6) is 5.75 Å². The Morgan fingerprint density at radius 2 is 2.17 bits per heavy atom. The van der Waals surface area contributed by atoms with E-state index in [1.54, 1.807) is 16.9 Å². The molecule has 23 heavy (non-hydrogen) atoms. The number of carbonyl (C=O) groups is 1. The molecular formula is C16H18N4O2S. The molecule has 0 atom stereocenters. The molecule has 0 fully saturated rings. The summed E-state index contributed by atoms with van der Waals surface area (Å²) in [4.78, 5) is 17.3. The van der Waals surface area contributed by atoms with Gasteiger partial charge in [0, 0.05) is 19.8 Å². The number of aryl methyl sites for hydroxylation is 2. The fraction of sp³-hybridized carbons (Fsp3) is 0.312. The molecule has 120 valence electrons. The molecule has 0 N–H and O–H groups in total. The number of hydrogen-bond donors (Lipinski definition) is 0. The standard InChI is InChI=1S/C16H18N4O2S/c1-4-20-11(9-10-17-20)15(21)18-16-19(3)14-12(22-5-2)7-6-8-13(14)23-16/h6-10H,4-5H2,1-3H3. The quantitative estimate of drug-likeness (QED) is 0.739. The lowest BCUT2D eigenvalue weighted by Gasteiger charge is -2.05. The first-order valence-electron chi connectivity index (χ1n) is 7.48. The zero-order chi connectivity index (χ0) is 16.4. The van der Waals surface area contributed by atoms with Crippen molar-refractivity contribution in [1.29, 1.82) is 0 Å². The number of amides is 1. The van der Waals surface area contributed by atoms with E-state index in [2.05, 4.69) is 10.1 Å². The van der Waals surface area contributed by atoms with E-state index < -0.39 is 0 Å². The second kappa shape index (κ2) is 6.37. The number of ether oxygens (including phenoxy) is 1. The van der Waals surface area contributed by atoms with Gasteiger partial charge in [0.25, 0.3) is 5.91 Å². The first-order valence-corrected chi connectivity index (χ1v) is 8.29. The van der Waals surface area contributed by atoms with Gasteiger partial charge in [-0.1, -0.05) is 17.4 Å². The molecule has 6 nitrogen and oxygen atoms in total. The van der Waals surface area contributed by atoms with Gasteiger partial charge in [-0.15, -0.1) is 0 Å². The van der Waals surface area contributed by atoms with Gasteiger partial charge in [0.05, 0.1) is 11.3 Å². The van der Waals surface area contributed by atoms with Gasteiger partial charge in [0.2, 0.25) is 0 Å². The highest BCUT2D eigenvalue weighted by Crippen LogP contribution is 2.26.